The number of benzene rings is 13. The predicted molar refractivity (Wildman–Crippen MR) is 432 cm³/mol. The van der Waals surface area contributed by atoms with Gasteiger partial charge >= 0.3 is 0 Å². The van der Waals surface area contributed by atoms with Crippen LogP contribution in [0.25, 0.3) is 198 Å². The van der Waals surface area contributed by atoms with E-state index in [1.807, 2.05) is 109 Å². The average molecular weight is 1390 g/mol. The van der Waals surface area contributed by atoms with Crippen molar-refractivity contribution in [1.29, 1.82) is 0 Å². The molecule has 13 aromatic carbocycles. The minimum absolute atomic E-state index is 0.606. The Hall–Kier alpha value is -13.9. The third-order valence-electron chi connectivity index (χ3n) is 18.9. The molecule has 0 spiro atoms. The quantitative estimate of drug-likeness (QED) is 0.114. The topological polar surface area (TPSA) is 155 Å². The van der Waals surface area contributed by atoms with E-state index in [-0.39, 0.29) is 0 Å². The fraction of sp³-hybridized carbons (Fsp3) is 0. The molecule has 106 heavy (non-hydrogen) atoms. The maximum absolute atomic E-state index is 5.04. The van der Waals surface area contributed by atoms with Gasteiger partial charge in [0.2, 0.25) is 0 Å². The van der Waals surface area contributed by atoms with Crippen LogP contribution in [0.4, 0.5) is 0 Å². The molecule has 0 aliphatic rings. The Morgan fingerprint density at radius 3 is 1.07 bits per heavy atom. The van der Waals surface area contributed by atoms with Crippen molar-refractivity contribution in [1.82, 2.24) is 60.0 Å². The first-order valence-electron chi connectivity index (χ1n) is 34.7. The molecule has 0 amide bonds. The van der Waals surface area contributed by atoms with Gasteiger partial charge in [0.1, 0.15) is 27.7 Å². The van der Waals surface area contributed by atoms with Gasteiger partial charge in [-0.25, -0.2) is 49.8 Å². The number of fused-ring (bicyclic) bond motifs is 9. The molecule has 7 aromatic heterocycles. The molecule has 20 rings (SSSR count). The molecule has 0 radical (unpaired) electrons. The van der Waals surface area contributed by atoms with E-state index >= 15 is 0 Å². The number of nitrogens with zero attached hydrogens (tertiary/aromatic N) is 12. The van der Waals surface area contributed by atoms with E-state index in [1.165, 1.54) is 15.0 Å². The van der Waals surface area contributed by atoms with Gasteiger partial charge in [-0.2, -0.15) is 0 Å². The average Bonchev–Trinajstić information content (AvgIpc) is 1.60. The molecular formula is C92H56N12S2. The third kappa shape index (κ3) is 12.4. The summed E-state index contributed by atoms with van der Waals surface area (Å²) in [4.78, 5) is 50.0. The zero-order valence-corrected chi connectivity index (χ0v) is 58.1. The lowest BCUT2D eigenvalue weighted by molar-refractivity contribution is 1.07. The second kappa shape index (κ2) is 27.5. The molecule has 0 atom stereocenters. The SMILES string of the molecule is c1ccc(-c2ccc(-c3nc(-c4ccccc4)nc(-c4cccc(-c5cccc(-c6ccc7sc8c9ccccc9nnc8c7c6)c5)c4)n3)cc2)cc1.c1ccc(-c2ccc(-c3nc(-c4ccccc4)nc(-c4cccc(-c5cccc(-c6ncnc7c6sc6nc8ccccc8nc67)c5)c4)n3)cc2)cc1. The molecule has 0 aliphatic carbocycles. The van der Waals surface area contributed by atoms with Crippen LogP contribution in [0.1, 0.15) is 0 Å². The molecule has 12 nitrogen and oxygen atoms in total. The highest BCUT2D eigenvalue weighted by atomic mass is 32.1. The smallest absolute Gasteiger partial charge is 0.164 e. The van der Waals surface area contributed by atoms with Crippen molar-refractivity contribution >= 4 is 85.5 Å². The predicted octanol–water partition coefficient (Wildman–Crippen LogP) is 23.2. The zero-order valence-electron chi connectivity index (χ0n) is 56.5. The van der Waals surface area contributed by atoms with E-state index in [0.29, 0.717) is 34.9 Å². The molecule has 496 valence electrons. The third-order valence-corrected chi connectivity index (χ3v) is 21.2. The molecule has 0 bridgehead atoms. The summed E-state index contributed by atoms with van der Waals surface area (Å²) < 4.78 is 3.35. The number of para-hydroxylation sites is 2. The Morgan fingerprint density at radius 2 is 0.557 bits per heavy atom. The Kier molecular flexibility index (Phi) is 16.3. The van der Waals surface area contributed by atoms with Crippen LogP contribution in [-0.2, 0) is 0 Å². The van der Waals surface area contributed by atoms with Crippen LogP contribution in [-0.4, -0.2) is 60.0 Å². The van der Waals surface area contributed by atoms with Crippen LogP contribution >= 0.6 is 22.7 Å². The van der Waals surface area contributed by atoms with Crippen molar-refractivity contribution in [3.63, 3.8) is 0 Å². The molecule has 14 heteroatoms. The number of thiophene rings is 2. The fourth-order valence-corrected chi connectivity index (χ4v) is 15.8. The Balaban J connectivity index is 0.000000145. The molecule has 0 saturated heterocycles. The number of hydrogen-bond acceptors (Lipinski definition) is 14. The minimum Gasteiger partial charge on any atom is -0.241 e. The van der Waals surface area contributed by atoms with Crippen molar-refractivity contribution in [3.8, 4) is 135 Å². The van der Waals surface area contributed by atoms with E-state index in [9.17, 15) is 0 Å². The van der Waals surface area contributed by atoms with Gasteiger partial charge in [0.05, 0.1) is 31.6 Å². The Bertz CT molecular complexity index is 6700. The molecule has 0 fully saturated rings. The summed E-state index contributed by atoms with van der Waals surface area (Å²) in [6.45, 7) is 0. The summed E-state index contributed by atoms with van der Waals surface area (Å²) in [6, 6.07) is 114. The van der Waals surface area contributed by atoms with Gasteiger partial charge in [-0.1, -0.05) is 279 Å². The highest BCUT2D eigenvalue weighted by Gasteiger charge is 2.20. The number of hydrogen-bond donors (Lipinski definition) is 0. The first-order chi connectivity index (χ1) is 52.5. The molecule has 0 N–H and O–H groups in total. The summed E-state index contributed by atoms with van der Waals surface area (Å²) in [5.74, 6) is 3.75. The standard InChI is InChI=1S/C47H29N5S.C45H27N7S/c1-3-11-30(12-4-1)31-21-23-33(24-22-31)46-48-45(32-13-5-2-6-14-32)49-47(50-46)38-18-10-17-36(28-38)34-15-9-16-35(27-34)37-25-26-42-40(29-37)43-44(53-42)39-19-7-8-20-41(39)51-52-43;1-3-11-28(12-4-1)29-21-23-31(24-22-29)43-50-42(30-13-5-2-6-14-30)51-44(52-43)35-18-10-16-33(26-35)32-15-9-17-34(25-32)38-41-39(47-27-46-38)40-45(53-41)49-37-20-8-7-19-36(37)48-40/h1-29H;1-27H. The van der Waals surface area contributed by atoms with E-state index in [1.54, 1.807) is 29.0 Å². The van der Waals surface area contributed by atoms with Crippen LogP contribution in [0.15, 0.2) is 340 Å². The second-order valence-electron chi connectivity index (χ2n) is 25.6. The molecule has 0 unspecified atom stereocenters. The van der Waals surface area contributed by atoms with Crippen molar-refractivity contribution in [2.75, 3.05) is 0 Å². The van der Waals surface area contributed by atoms with Gasteiger partial charge < -0.3 is 0 Å². The van der Waals surface area contributed by atoms with Crippen LogP contribution in [0.5, 0.6) is 0 Å². The van der Waals surface area contributed by atoms with Crippen LogP contribution in [0.3, 0.4) is 0 Å². The van der Waals surface area contributed by atoms with Gasteiger partial charge in [0.15, 0.2) is 34.9 Å². The molecule has 0 aliphatic heterocycles. The Morgan fingerprint density at radius 1 is 0.198 bits per heavy atom. The molecule has 20 aromatic rings. The minimum atomic E-state index is 0.606. The number of rotatable bonds is 12. The van der Waals surface area contributed by atoms with Gasteiger partial charge in [-0.15, -0.1) is 32.9 Å². The summed E-state index contributed by atoms with van der Waals surface area (Å²) in [6.07, 6.45) is 1.62. The van der Waals surface area contributed by atoms with Crippen molar-refractivity contribution < 1.29 is 0 Å². The second-order valence-corrected chi connectivity index (χ2v) is 27.7. The monoisotopic (exact) mass is 1390 g/mol. The van der Waals surface area contributed by atoms with Crippen LogP contribution in [0.2, 0.25) is 0 Å². The van der Waals surface area contributed by atoms with Gasteiger partial charge in [0.25, 0.3) is 0 Å². The van der Waals surface area contributed by atoms with Crippen molar-refractivity contribution in [3.05, 3.63) is 340 Å². The largest absolute Gasteiger partial charge is 0.241 e. The lowest BCUT2D eigenvalue weighted by Gasteiger charge is -2.11. The first kappa shape index (κ1) is 63.0. The normalized spacial score (nSPS) is 11.4. The highest BCUT2D eigenvalue weighted by Crippen LogP contribution is 2.42. The molecule has 0 saturated carbocycles. The van der Waals surface area contributed by atoms with Gasteiger partial charge in [0, 0.05) is 54.4 Å². The fourth-order valence-electron chi connectivity index (χ4n) is 13.5. The van der Waals surface area contributed by atoms with E-state index in [4.69, 9.17) is 44.9 Å². The van der Waals surface area contributed by atoms with E-state index < -0.39 is 0 Å². The number of aromatic nitrogens is 12. The van der Waals surface area contributed by atoms with Gasteiger partial charge in [-0.05, 0) is 110 Å². The summed E-state index contributed by atoms with van der Waals surface area (Å²) in [7, 11) is 0. The van der Waals surface area contributed by atoms with E-state index in [0.717, 1.165) is 148 Å². The highest BCUT2D eigenvalue weighted by molar-refractivity contribution is 7.26. The van der Waals surface area contributed by atoms with Crippen LogP contribution in [0, 0.1) is 0 Å². The summed E-state index contributed by atoms with van der Waals surface area (Å²) in [5, 5.41) is 11.4. The first-order valence-corrected chi connectivity index (χ1v) is 36.4. The van der Waals surface area contributed by atoms with Crippen LogP contribution < -0.4 is 0 Å². The Labute approximate surface area is 616 Å². The van der Waals surface area contributed by atoms with Gasteiger partial charge in [-0.3, -0.25) is 0 Å². The maximum Gasteiger partial charge on any atom is 0.164 e. The lowest BCUT2D eigenvalue weighted by atomic mass is 9.97. The summed E-state index contributed by atoms with van der Waals surface area (Å²) in [5.41, 5.74) is 23.8. The van der Waals surface area contributed by atoms with Crippen molar-refractivity contribution in [2.45, 2.75) is 0 Å². The molecule has 7 heterocycles. The summed E-state index contributed by atoms with van der Waals surface area (Å²) >= 11 is 3.35. The lowest BCUT2D eigenvalue weighted by Crippen LogP contribution is -2.00. The zero-order chi connectivity index (χ0) is 70.3. The van der Waals surface area contributed by atoms with E-state index in [2.05, 4.69) is 240 Å². The maximum atomic E-state index is 5.04. The molecular weight excluding hydrogens is 1340 g/mol. The van der Waals surface area contributed by atoms with Crippen molar-refractivity contribution in [2.24, 2.45) is 0 Å².